The Hall–Kier alpha value is -2.08. The molecule has 4 rings (SSSR count). The van der Waals surface area contributed by atoms with Crippen LogP contribution < -0.4 is 4.90 Å². The van der Waals surface area contributed by atoms with Gasteiger partial charge in [-0.3, -0.25) is 14.4 Å². The van der Waals surface area contributed by atoms with Gasteiger partial charge in [0.25, 0.3) is 0 Å². The molecule has 0 spiro atoms. The van der Waals surface area contributed by atoms with Crippen molar-refractivity contribution in [1.82, 2.24) is 14.7 Å². The van der Waals surface area contributed by atoms with Gasteiger partial charge in [0.2, 0.25) is 5.91 Å². The molecule has 110 valence electrons. The van der Waals surface area contributed by atoms with Crippen molar-refractivity contribution < 1.29 is 9.21 Å². The zero-order valence-electron chi connectivity index (χ0n) is 12.0. The summed E-state index contributed by atoms with van der Waals surface area (Å²) in [4.78, 5) is 16.8. The lowest BCUT2D eigenvalue weighted by Gasteiger charge is -2.20. The largest absolute Gasteiger partial charge is 0.472 e. The van der Waals surface area contributed by atoms with Gasteiger partial charge in [0.05, 0.1) is 30.3 Å². The molecule has 2 atom stereocenters. The van der Waals surface area contributed by atoms with Crippen molar-refractivity contribution in [2.75, 3.05) is 24.5 Å². The number of carbonyl (C=O) groups is 1. The van der Waals surface area contributed by atoms with E-state index in [1.807, 2.05) is 24.2 Å². The molecule has 0 unspecified atom stereocenters. The van der Waals surface area contributed by atoms with E-state index in [0.29, 0.717) is 5.92 Å². The fraction of sp³-hybridized carbons (Fsp3) is 0.467. The number of hydrogen-bond donors (Lipinski definition) is 0. The summed E-state index contributed by atoms with van der Waals surface area (Å²) >= 11 is 0. The second-order valence-corrected chi connectivity index (χ2v) is 6.01. The molecule has 6 heteroatoms. The molecule has 0 aliphatic carbocycles. The summed E-state index contributed by atoms with van der Waals surface area (Å²) in [5, 5.41) is 4.16. The summed E-state index contributed by atoms with van der Waals surface area (Å²) in [6.45, 7) is 3.48. The van der Waals surface area contributed by atoms with Crippen molar-refractivity contribution in [2.45, 2.75) is 6.54 Å². The van der Waals surface area contributed by atoms with Gasteiger partial charge in [-0.2, -0.15) is 5.10 Å². The average Bonchev–Trinajstić information content (AvgIpc) is 3.19. The first-order chi connectivity index (χ1) is 10.2. The molecule has 2 aliphatic heterocycles. The molecule has 2 aromatic heterocycles. The Labute approximate surface area is 122 Å². The summed E-state index contributed by atoms with van der Waals surface area (Å²) in [5.74, 6) is 0.782. The Morgan fingerprint density at radius 2 is 2.29 bits per heavy atom. The van der Waals surface area contributed by atoms with Crippen molar-refractivity contribution in [3.8, 4) is 0 Å². The van der Waals surface area contributed by atoms with Crippen LogP contribution in [0.2, 0.25) is 0 Å². The van der Waals surface area contributed by atoms with E-state index >= 15 is 0 Å². The van der Waals surface area contributed by atoms with Crippen molar-refractivity contribution in [3.05, 3.63) is 36.5 Å². The van der Waals surface area contributed by atoms with E-state index in [1.54, 1.807) is 23.4 Å². The number of anilines is 1. The molecular formula is C15H18N4O2. The van der Waals surface area contributed by atoms with E-state index in [2.05, 4.69) is 10.00 Å². The summed E-state index contributed by atoms with van der Waals surface area (Å²) < 4.78 is 6.84. The molecule has 2 fully saturated rings. The van der Waals surface area contributed by atoms with E-state index in [9.17, 15) is 4.79 Å². The van der Waals surface area contributed by atoms with E-state index in [4.69, 9.17) is 4.42 Å². The normalized spacial score (nSPS) is 25.8. The summed E-state index contributed by atoms with van der Waals surface area (Å²) in [6, 6.07) is 1.98. The van der Waals surface area contributed by atoms with Crippen LogP contribution in [0.25, 0.3) is 0 Å². The molecule has 6 nitrogen and oxygen atoms in total. The molecule has 0 N–H and O–H groups in total. The lowest BCUT2D eigenvalue weighted by atomic mass is 10.0. The van der Waals surface area contributed by atoms with Crippen LogP contribution in [0.4, 0.5) is 5.69 Å². The van der Waals surface area contributed by atoms with E-state index in [0.717, 1.165) is 31.9 Å². The highest BCUT2D eigenvalue weighted by atomic mass is 16.3. The number of nitrogens with zero attached hydrogens (tertiary/aromatic N) is 4. The minimum atomic E-state index is 0.122. The fourth-order valence-electron chi connectivity index (χ4n) is 3.50. The Morgan fingerprint density at radius 1 is 1.38 bits per heavy atom. The van der Waals surface area contributed by atoms with Crippen molar-refractivity contribution in [2.24, 2.45) is 18.9 Å². The average molecular weight is 286 g/mol. The number of rotatable bonds is 3. The summed E-state index contributed by atoms with van der Waals surface area (Å²) in [7, 11) is 1.87. The van der Waals surface area contributed by atoms with Crippen LogP contribution in [-0.2, 0) is 18.4 Å². The minimum absolute atomic E-state index is 0.122. The van der Waals surface area contributed by atoms with Gasteiger partial charge in [0.15, 0.2) is 0 Å². The Bertz CT molecular complexity index is 648. The molecular weight excluding hydrogens is 268 g/mol. The first kappa shape index (κ1) is 12.6. The fourth-order valence-corrected chi connectivity index (χ4v) is 3.50. The first-order valence-electron chi connectivity index (χ1n) is 7.24. The van der Waals surface area contributed by atoms with Gasteiger partial charge < -0.3 is 9.32 Å². The zero-order chi connectivity index (χ0) is 14.4. The molecule has 0 radical (unpaired) electrons. The van der Waals surface area contributed by atoms with Crippen molar-refractivity contribution in [3.63, 3.8) is 0 Å². The van der Waals surface area contributed by atoms with Crippen LogP contribution >= 0.6 is 0 Å². The second kappa shape index (κ2) is 4.73. The number of carbonyl (C=O) groups excluding carboxylic acids is 1. The van der Waals surface area contributed by atoms with Crippen molar-refractivity contribution >= 4 is 11.6 Å². The highest BCUT2D eigenvalue weighted by Crippen LogP contribution is 2.35. The zero-order valence-corrected chi connectivity index (χ0v) is 12.0. The minimum Gasteiger partial charge on any atom is -0.472 e. The molecule has 2 aromatic rings. The van der Waals surface area contributed by atoms with Crippen molar-refractivity contribution in [1.29, 1.82) is 0 Å². The van der Waals surface area contributed by atoms with E-state index in [-0.39, 0.29) is 11.8 Å². The van der Waals surface area contributed by atoms with Gasteiger partial charge in [0, 0.05) is 50.9 Å². The van der Waals surface area contributed by atoms with Crippen LogP contribution in [0, 0.1) is 11.8 Å². The van der Waals surface area contributed by atoms with E-state index < -0.39 is 0 Å². The maximum atomic E-state index is 12.6. The van der Waals surface area contributed by atoms with Gasteiger partial charge in [-0.05, 0) is 6.07 Å². The van der Waals surface area contributed by atoms with Gasteiger partial charge in [0.1, 0.15) is 0 Å². The number of amides is 1. The highest BCUT2D eigenvalue weighted by Gasteiger charge is 2.46. The summed E-state index contributed by atoms with van der Waals surface area (Å²) in [5.41, 5.74) is 2.09. The number of aromatic nitrogens is 2. The molecule has 1 amide bonds. The number of aryl methyl sites for hydroxylation is 1. The quantitative estimate of drug-likeness (QED) is 0.848. The maximum absolute atomic E-state index is 12.6. The SMILES string of the molecule is Cn1cc(N2C[C@@H]3CN(Cc4ccoc4)C[C@@H]3C2=O)cn1. The maximum Gasteiger partial charge on any atom is 0.231 e. The standard InChI is InChI=1S/C15H18N4O2/c1-17-8-13(4-16-17)19-7-12-6-18(9-14(12)15(19)20)5-11-2-3-21-10-11/h2-4,8,10,12,14H,5-7,9H2,1H3/t12-,14-/m0/s1. The number of furan rings is 1. The molecule has 0 aromatic carbocycles. The first-order valence-corrected chi connectivity index (χ1v) is 7.24. The number of likely N-dealkylation sites (tertiary alicyclic amines) is 1. The molecule has 4 heterocycles. The molecule has 2 saturated heterocycles. The summed E-state index contributed by atoms with van der Waals surface area (Å²) in [6.07, 6.45) is 7.14. The number of hydrogen-bond acceptors (Lipinski definition) is 4. The predicted molar refractivity (Wildman–Crippen MR) is 76.5 cm³/mol. The van der Waals surface area contributed by atoms with E-state index in [1.165, 1.54) is 5.56 Å². The third kappa shape index (κ3) is 2.15. The second-order valence-electron chi connectivity index (χ2n) is 6.01. The number of fused-ring (bicyclic) bond motifs is 1. The molecule has 0 saturated carbocycles. The Balaban J connectivity index is 1.45. The molecule has 21 heavy (non-hydrogen) atoms. The van der Waals surface area contributed by atoms with Crippen LogP contribution in [-0.4, -0.2) is 40.2 Å². The monoisotopic (exact) mass is 286 g/mol. The Kier molecular flexibility index (Phi) is 2.85. The highest BCUT2D eigenvalue weighted by molar-refractivity contribution is 5.97. The predicted octanol–water partition coefficient (Wildman–Crippen LogP) is 1.11. The van der Waals surface area contributed by atoms with Gasteiger partial charge in [-0.25, -0.2) is 0 Å². The van der Waals surface area contributed by atoms with Gasteiger partial charge in [-0.15, -0.1) is 0 Å². The lowest BCUT2D eigenvalue weighted by Crippen LogP contribution is -2.32. The van der Waals surface area contributed by atoms with Crippen LogP contribution in [0.3, 0.4) is 0 Å². The molecule has 0 bridgehead atoms. The topological polar surface area (TPSA) is 54.5 Å². The smallest absolute Gasteiger partial charge is 0.231 e. The molecule has 2 aliphatic rings. The van der Waals surface area contributed by atoms with Gasteiger partial charge >= 0.3 is 0 Å². The van der Waals surface area contributed by atoms with Gasteiger partial charge in [-0.1, -0.05) is 0 Å². The van der Waals surface area contributed by atoms with Crippen LogP contribution in [0.1, 0.15) is 5.56 Å². The van der Waals surface area contributed by atoms with Crippen LogP contribution in [0.15, 0.2) is 35.4 Å². The van der Waals surface area contributed by atoms with Crippen LogP contribution in [0.5, 0.6) is 0 Å². The lowest BCUT2D eigenvalue weighted by molar-refractivity contribution is -0.120. The third-order valence-corrected chi connectivity index (χ3v) is 4.51. The Morgan fingerprint density at radius 3 is 2.95 bits per heavy atom. The third-order valence-electron chi connectivity index (χ3n) is 4.51.